The number of hydrogen-bond donors (Lipinski definition) is 0. The Morgan fingerprint density at radius 2 is 1.91 bits per heavy atom. The van der Waals surface area contributed by atoms with Crippen LogP contribution < -0.4 is 0 Å². The van der Waals surface area contributed by atoms with Crippen molar-refractivity contribution in [2.75, 3.05) is 20.6 Å². The van der Waals surface area contributed by atoms with Gasteiger partial charge in [0, 0.05) is 6.54 Å². The first-order valence-electron chi connectivity index (χ1n) is 9.54. The van der Waals surface area contributed by atoms with Gasteiger partial charge in [-0.05, 0) is 79.1 Å². The SMILES string of the molecule is CC(C)c1ccc2c(c1)CCC1C(C)(CN(C)C)CCCC21C. The molecule has 0 N–H and O–H groups in total. The van der Waals surface area contributed by atoms with E-state index in [0.717, 1.165) is 5.92 Å². The second kappa shape index (κ2) is 5.92. The number of benzene rings is 1. The van der Waals surface area contributed by atoms with Gasteiger partial charge in [-0.25, -0.2) is 0 Å². The first kappa shape index (κ1) is 17.0. The molecule has 0 aromatic heterocycles. The highest BCUT2D eigenvalue weighted by Crippen LogP contribution is 2.57. The van der Waals surface area contributed by atoms with E-state index in [1.807, 2.05) is 0 Å². The summed E-state index contributed by atoms with van der Waals surface area (Å²) < 4.78 is 0. The van der Waals surface area contributed by atoms with Crippen LogP contribution in [-0.4, -0.2) is 25.5 Å². The summed E-state index contributed by atoms with van der Waals surface area (Å²) in [6.07, 6.45) is 6.79. The molecule has 2 aliphatic rings. The van der Waals surface area contributed by atoms with E-state index in [-0.39, 0.29) is 0 Å². The fourth-order valence-corrected chi connectivity index (χ4v) is 5.91. The Balaban J connectivity index is 2.00. The number of rotatable bonds is 3. The predicted molar refractivity (Wildman–Crippen MR) is 100 cm³/mol. The molecule has 3 atom stereocenters. The lowest BCUT2D eigenvalue weighted by Crippen LogP contribution is -2.52. The molecule has 0 aliphatic heterocycles. The Labute approximate surface area is 143 Å². The van der Waals surface area contributed by atoms with Crippen molar-refractivity contribution in [3.63, 3.8) is 0 Å². The smallest absolute Gasteiger partial charge is 0.00322 e. The second-order valence-electron chi connectivity index (χ2n) is 9.33. The van der Waals surface area contributed by atoms with Crippen LogP contribution in [0.1, 0.15) is 76.0 Å². The molecule has 0 heterocycles. The van der Waals surface area contributed by atoms with Crippen molar-refractivity contribution in [1.29, 1.82) is 0 Å². The normalized spacial score (nSPS) is 33.7. The highest BCUT2D eigenvalue weighted by molar-refractivity contribution is 5.42. The summed E-state index contributed by atoms with van der Waals surface area (Å²) in [6, 6.07) is 7.40. The molecular weight excluding hydrogens is 278 g/mol. The average Bonchev–Trinajstić information content (AvgIpc) is 2.45. The van der Waals surface area contributed by atoms with E-state index in [2.05, 4.69) is 64.9 Å². The van der Waals surface area contributed by atoms with E-state index >= 15 is 0 Å². The number of fused-ring (bicyclic) bond motifs is 3. The predicted octanol–water partition coefficient (Wildman–Crippen LogP) is 5.38. The van der Waals surface area contributed by atoms with Crippen molar-refractivity contribution >= 4 is 0 Å². The average molecular weight is 314 g/mol. The summed E-state index contributed by atoms with van der Waals surface area (Å²) in [5.74, 6) is 1.46. The molecule has 1 aromatic carbocycles. The van der Waals surface area contributed by atoms with E-state index in [1.165, 1.54) is 44.2 Å². The minimum absolute atomic E-state index is 0.381. The molecule has 23 heavy (non-hydrogen) atoms. The van der Waals surface area contributed by atoms with Crippen LogP contribution in [0.5, 0.6) is 0 Å². The fourth-order valence-electron chi connectivity index (χ4n) is 5.91. The first-order valence-corrected chi connectivity index (χ1v) is 9.54. The monoisotopic (exact) mass is 313 g/mol. The van der Waals surface area contributed by atoms with Gasteiger partial charge in [-0.1, -0.05) is 52.3 Å². The lowest BCUT2D eigenvalue weighted by atomic mass is 9.49. The topological polar surface area (TPSA) is 3.24 Å². The molecule has 0 bridgehead atoms. The largest absolute Gasteiger partial charge is 0.309 e. The number of hydrogen-bond acceptors (Lipinski definition) is 1. The van der Waals surface area contributed by atoms with Crippen LogP contribution in [0.15, 0.2) is 18.2 Å². The minimum Gasteiger partial charge on any atom is -0.309 e. The third kappa shape index (κ3) is 2.86. The molecule has 1 aromatic rings. The number of nitrogens with zero attached hydrogens (tertiary/aromatic N) is 1. The van der Waals surface area contributed by atoms with Gasteiger partial charge in [-0.3, -0.25) is 0 Å². The van der Waals surface area contributed by atoms with E-state index in [4.69, 9.17) is 0 Å². The van der Waals surface area contributed by atoms with Crippen LogP contribution >= 0.6 is 0 Å². The van der Waals surface area contributed by atoms with Crippen molar-refractivity contribution in [3.05, 3.63) is 34.9 Å². The van der Waals surface area contributed by atoms with Crippen molar-refractivity contribution in [2.45, 2.75) is 71.1 Å². The van der Waals surface area contributed by atoms with Gasteiger partial charge in [0.15, 0.2) is 0 Å². The van der Waals surface area contributed by atoms with E-state index in [0.29, 0.717) is 16.7 Å². The van der Waals surface area contributed by atoms with Crippen LogP contribution in [0.3, 0.4) is 0 Å². The lowest BCUT2D eigenvalue weighted by molar-refractivity contribution is 0.00680. The van der Waals surface area contributed by atoms with Gasteiger partial charge >= 0.3 is 0 Å². The minimum atomic E-state index is 0.381. The molecule has 1 saturated carbocycles. The van der Waals surface area contributed by atoms with Crippen LogP contribution in [0.25, 0.3) is 0 Å². The molecular formula is C22H35N. The van der Waals surface area contributed by atoms with E-state index in [9.17, 15) is 0 Å². The lowest BCUT2D eigenvalue weighted by Gasteiger charge is -2.56. The van der Waals surface area contributed by atoms with Crippen molar-refractivity contribution in [2.24, 2.45) is 11.3 Å². The molecule has 3 unspecified atom stereocenters. The van der Waals surface area contributed by atoms with Gasteiger partial charge < -0.3 is 4.90 Å². The quantitative estimate of drug-likeness (QED) is 0.724. The Morgan fingerprint density at radius 1 is 1.17 bits per heavy atom. The zero-order chi connectivity index (χ0) is 16.8. The van der Waals surface area contributed by atoms with Crippen LogP contribution in [0.2, 0.25) is 0 Å². The third-order valence-electron chi connectivity index (χ3n) is 6.85. The molecule has 0 amide bonds. The summed E-state index contributed by atoms with van der Waals surface area (Å²) >= 11 is 0. The second-order valence-corrected chi connectivity index (χ2v) is 9.33. The Morgan fingerprint density at radius 3 is 2.57 bits per heavy atom. The summed E-state index contributed by atoms with van der Waals surface area (Å²) in [5.41, 5.74) is 5.67. The Hall–Kier alpha value is -0.820. The molecule has 1 heteroatoms. The maximum Gasteiger partial charge on any atom is 0.00322 e. The van der Waals surface area contributed by atoms with Crippen molar-refractivity contribution in [1.82, 2.24) is 4.90 Å². The molecule has 1 fully saturated rings. The maximum atomic E-state index is 2.57. The van der Waals surface area contributed by atoms with Crippen LogP contribution in [0, 0.1) is 11.3 Å². The summed E-state index contributed by atoms with van der Waals surface area (Å²) in [6.45, 7) is 11.0. The Bertz CT molecular complexity index is 573. The van der Waals surface area contributed by atoms with Crippen LogP contribution in [-0.2, 0) is 11.8 Å². The van der Waals surface area contributed by atoms with Gasteiger partial charge in [0.1, 0.15) is 0 Å². The maximum absolute atomic E-state index is 2.57. The molecule has 0 saturated heterocycles. The Kier molecular flexibility index (Phi) is 4.38. The highest BCUT2D eigenvalue weighted by atomic mass is 15.1. The molecule has 128 valence electrons. The highest BCUT2D eigenvalue weighted by Gasteiger charge is 2.51. The fraction of sp³-hybridized carbons (Fsp3) is 0.727. The van der Waals surface area contributed by atoms with Crippen molar-refractivity contribution < 1.29 is 0 Å². The number of aryl methyl sites for hydroxylation is 1. The van der Waals surface area contributed by atoms with Crippen molar-refractivity contribution in [3.8, 4) is 0 Å². The summed E-state index contributed by atoms with van der Waals surface area (Å²) in [7, 11) is 4.48. The third-order valence-corrected chi connectivity index (χ3v) is 6.85. The van der Waals surface area contributed by atoms with Gasteiger partial charge in [0.2, 0.25) is 0 Å². The van der Waals surface area contributed by atoms with Gasteiger partial charge in [0.25, 0.3) is 0 Å². The van der Waals surface area contributed by atoms with Crippen LogP contribution in [0.4, 0.5) is 0 Å². The molecule has 0 spiro atoms. The van der Waals surface area contributed by atoms with E-state index < -0.39 is 0 Å². The molecule has 1 nitrogen and oxygen atoms in total. The molecule has 3 rings (SSSR count). The van der Waals surface area contributed by atoms with Gasteiger partial charge in [0.05, 0.1) is 0 Å². The summed E-state index contributed by atoms with van der Waals surface area (Å²) in [4.78, 5) is 2.41. The molecule has 2 aliphatic carbocycles. The zero-order valence-electron chi connectivity index (χ0n) is 16.1. The van der Waals surface area contributed by atoms with E-state index in [1.54, 1.807) is 11.1 Å². The van der Waals surface area contributed by atoms with Gasteiger partial charge in [-0.15, -0.1) is 0 Å². The summed E-state index contributed by atoms with van der Waals surface area (Å²) in [5, 5.41) is 0. The first-order chi connectivity index (χ1) is 10.8. The molecule has 0 radical (unpaired) electrons. The standard InChI is InChI=1S/C22H35N/c1-16(2)17-8-10-19-18(14-17)9-11-20-21(3,15-23(5)6)12-7-13-22(19,20)4/h8,10,14,16,20H,7,9,11-13,15H2,1-6H3. The van der Waals surface area contributed by atoms with Gasteiger partial charge in [-0.2, -0.15) is 0 Å². The zero-order valence-corrected chi connectivity index (χ0v) is 16.1.